The van der Waals surface area contributed by atoms with E-state index in [1.165, 1.54) is 0 Å². The molecule has 0 radical (unpaired) electrons. The Morgan fingerprint density at radius 2 is 2.17 bits per heavy atom. The minimum absolute atomic E-state index is 0.0201. The molecule has 3 rings (SSSR count). The van der Waals surface area contributed by atoms with Crippen LogP contribution in [0.25, 0.3) is 16.4 Å². The highest BCUT2D eigenvalue weighted by Crippen LogP contribution is 2.30. The van der Waals surface area contributed by atoms with Crippen molar-refractivity contribution in [2.24, 2.45) is 0 Å². The van der Waals surface area contributed by atoms with Crippen LogP contribution >= 0.6 is 0 Å². The molecular formula is C18H17N3O3. The molecule has 2 aromatic heterocycles. The van der Waals surface area contributed by atoms with Crippen molar-refractivity contribution in [3.8, 4) is 11.8 Å². The molecule has 0 saturated heterocycles. The average Bonchev–Trinajstić information content (AvgIpc) is 2.94. The van der Waals surface area contributed by atoms with Crippen molar-refractivity contribution in [3.63, 3.8) is 0 Å². The van der Waals surface area contributed by atoms with Gasteiger partial charge in [-0.3, -0.25) is 0 Å². The molecule has 0 unspecified atom stereocenters. The largest absolute Gasteiger partial charge is 0.479 e. The third kappa shape index (κ3) is 2.90. The van der Waals surface area contributed by atoms with Crippen molar-refractivity contribution in [2.75, 3.05) is 26.8 Å². The molecule has 0 atom stereocenters. The Hall–Kier alpha value is -3.04. The average molecular weight is 323 g/mol. The van der Waals surface area contributed by atoms with E-state index < -0.39 is 0 Å². The molecule has 0 amide bonds. The number of nitriles is 1. The molecule has 6 heteroatoms. The second-order valence-corrected chi connectivity index (χ2v) is 5.20. The van der Waals surface area contributed by atoms with E-state index in [0.29, 0.717) is 24.5 Å². The van der Waals surface area contributed by atoms with Gasteiger partial charge in [0.1, 0.15) is 18.4 Å². The first-order valence-electron chi connectivity index (χ1n) is 7.60. The van der Waals surface area contributed by atoms with Gasteiger partial charge >= 0.3 is 5.97 Å². The summed E-state index contributed by atoms with van der Waals surface area (Å²) in [5.41, 5.74) is 2.15. The summed E-state index contributed by atoms with van der Waals surface area (Å²) < 4.78 is 12.6. The lowest BCUT2D eigenvalue weighted by atomic mass is 10.1. The number of pyridine rings is 1. The highest BCUT2D eigenvalue weighted by molar-refractivity contribution is 6.11. The molecule has 0 saturated carbocycles. The first-order chi connectivity index (χ1) is 11.8. The molecule has 24 heavy (non-hydrogen) atoms. The van der Waals surface area contributed by atoms with E-state index in [1.54, 1.807) is 13.1 Å². The van der Waals surface area contributed by atoms with E-state index in [2.05, 4.69) is 5.32 Å². The molecule has 0 aliphatic carbocycles. The minimum atomic E-state index is -0.352. The Kier molecular flexibility index (Phi) is 4.64. The third-order valence-corrected chi connectivity index (χ3v) is 3.71. The maximum atomic E-state index is 12.5. The fourth-order valence-corrected chi connectivity index (χ4v) is 2.65. The summed E-state index contributed by atoms with van der Waals surface area (Å²) in [5.74, 6) is 0.233. The Morgan fingerprint density at radius 3 is 2.96 bits per heavy atom. The van der Waals surface area contributed by atoms with Gasteiger partial charge in [-0.2, -0.15) is 5.26 Å². The van der Waals surface area contributed by atoms with Crippen LogP contribution in [0.4, 0.5) is 0 Å². The van der Waals surface area contributed by atoms with Gasteiger partial charge in [0.15, 0.2) is 6.61 Å². The summed E-state index contributed by atoms with van der Waals surface area (Å²) in [6.07, 6.45) is 1.89. The number of nitrogens with zero attached hydrogens (tertiary/aromatic N) is 2. The summed E-state index contributed by atoms with van der Waals surface area (Å²) in [7, 11) is 1.81. The summed E-state index contributed by atoms with van der Waals surface area (Å²) in [4.78, 5) is 12.5. The first kappa shape index (κ1) is 15.8. The molecule has 0 fully saturated rings. The fourth-order valence-electron chi connectivity index (χ4n) is 2.65. The van der Waals surface area contributed by atoms with Crippen molar-refractivity contribution in [1.82, 2.24) is 9.72 Å². The number of rotatable bonds is 6. The number of hydrogen-bond acceptors (Lipinski definition) is 5. The molecule has 1 aromatic carbocycles. The number of ether oxygens (including phenoxy) is 2. The van der Waals surface area contributed by atoms with E-state index >= 15 is 0 Å². The van der Waals surface area contributed by atoms with Crippen molar-refractivity contribution >= 4 is 22.4 Å². The summed E-state index contributed by atoms with van der Waals surface area (Å²) in [5, 5.41) is 12.4. The topological polar surface area (TPSA) is 75.8 Å². The Morgan fingerprint density at radius 1 is 1.29 bits per heavy atom. The standard InChI is InChI=1S/C18H17N3O3/c1-20-8-11-24-18(22)17-14-6-5-13(23-10-7-19)12-16(14)21-9-3-2-4-15(17)21/h2-6,9,12,20H,8,10-11H2,1H3. The smallest absolute Gasteiger partial charge is 0.341 e. The van der Waals surface area contributed by atoms with Crippen LogP contribution in [0, 0.1) is 11.3 Å². The fraction of sp³-hybridized carbons (Fsp3) is 0.222. The lowest BCUT2D eigenvalue weighted by Crippen LogP contribution is -2.17. The van der Waals surface area contributed by atoms with Crippen LogP contribution in [0.5, 0.6) is 5.75 Å². The summed E-state index contributed by atoms with van der Waals surface area (Å²) in [6, 6.07) is 13.0. The zero-order valence-corrected chi connectivity index (χ0v) is 13.3. The third-order valence-electron chi connectivity index (χ3n) is 3.71. The van der Waals surface area contributed by atoms with Gasteiger partial charge in [0.05, 0.1) is 16.6 Å². The Balaban J connectivity index is 2.09. The van der Waals surface area contributed by atoms with Crippen molar-refractivity contribution in [3.05, 3.63) is 48.2 Å². The number of benzene rings is 1. The van der Waals surface area contributed by atoms with Crippen molar-refractivity contribution in [2.45, 2.75) is 0 Å². The van der Waals surface area contributed by atoms with Crippen molar-refractivity contribution < 1.29 is 14.3 Å². The molecule has 0 bridgehead atoms. The molecule has 0 aliphatic rings. The van der Waals surface area contributed by atoms with E-state index in [-0.39, 0.29) is 12.6 Å². The highest BCUT2D eigenvalue weighted by atomic mass is 16.5. The molecule has 2 heterocycles. The maximum Gasteiger partial charge on any atom is 0.341 e. The van der Waals surface area contributed by atoms with Crippen LogP contribution in [0.1, 0.15) is 10.4 Å². The van der Waals surface area contributed by atoms with E-state index in [0.717, 1.165) is 16.4 Å². The first-order valence-corrected chi connectivity index (χ1v) is 7.60. The number of fused-ring (bicyclic) bond motifs is 3. The van der Waals surface area contributed by atoms with Crippen molar-refractivity contribution in [1.29, 1.82) is 5.26 Å². The van der Waals surface area contributed by atoms with Gasteiger partial charge < -0.3 is 19.2 Å². The van der Waals surface area contributed by atoms with E-state index in [4.69, 9.17) is 14.7 Å². The normalized spacial score (nSPS) is 10.7. The van der Waals surface area contributed by atoms with Gasteiger partial charge in [-0.25, -0.2) is 4.79 Å². The molecule has 3 aromatic rings. The van der Waals surface area contributed by atoms with Crippen LogP contribution in [-0.2, 0) is 4.74 Å². The van der Waals surface area contributed by atoms with Crippen LogP contribution in [-0.4, -0.2) is 37.2 Å². The van der Waals surface area contributed by atoms with E-state index in [9.17, 15) is 4.79 Å². The number of nitrogens with one attached hydrogen (secondary N) is 1. The number of carbonyl (C=O) groups is 1. The molecule has 0 aliphatic heterocycles. The minimum Gasteiger partial charge on any atom is -0.479 e. The van der Waals surface area contributed by atoms with Crippen LogP contribution in [0.2, 0.25) is 0 Å². The van der Waals surface area contributed by atoms with Crippen LogP contribution < -0.4 is 10.1 Å². The second kappa shape index (κ2) is 7.02. The van der Waals surface area contributed by atoms with Gasteiger partial charge in [-0.1, -0.05) is 6.07 Å². The van der Waals surface area contributed by atoms with Gasteiger partial charge in [0.25, 0.3) is 0 Å². The maximum absolute atomic E-state index is 12.5. The molecular weight excluding hydrogens is 306 g/mol. The van der Waals surface area contributed by atoms with E-state index in [1.807, 2.05) is 47.0 Å². The van der Waals surface area contributed by atoms with Gasteiger partial charge in [-0.15, -0.1) is 0 Å². The molecule has 1 N–H and O–H groups in total. The predicted molar refractivity (Wildman–Crippen MR) is 90.2 cm³/mol. The molecule has 0 spiro atoms. The number of aromatic nitrogens is 1. The van der Waals surface area contributed by atoms with Crippen LogP contribution in [0.3, 0.4) is 0 Å². The number of carbonyl (C=O) groups excluding carboxylic acids is 1. The summed E-state index contributed by atoms with van der Waals surface area (Å²) >= 11 is 0. The van der Waals surface area contributed by atoms with Crippen LogP contribution in [0.15, 0.2) is 42.6 Å². The Labute approximate surface area is 139 Å². The SMILES string of the molecule is CNCCOC(=O)c1c2ccc(OCC#N)cc2n2ccccc12. The summed E-state index contributed by atoms with van der Waals surface area (Å²) in [6.45, 7) is 0.889. The van der Waals surface area contributed by atoms with Gasteiger partial charge in [0, 0.05) is 24.2 Å². The Bertz CT molecular complexity index is 924. The number of esters is 1. The highest BCUT2D eigenvalue weighted by Gasteiger charge is 2.19. The lowest BCUT2D eigenvalue weighted by molar-refractivity contribution is 0.0515. The zero-order valence-electron chi connectivity index (χ0n) is 13.3. The van der Waals surface area contributed by atoms with Gasteiger partial charge in [-0.05, 0) is 31.3 Å². The number of likely N-dealkylation sites (N-methyl/N-ethyl adjacent to an activating group) is 1. The lowest BCUT2D eigenvalue weighted by Gasteiger charge is -2.04. The molecule has 6 nitrogen and oxygen atoms in total. The molecule has 122 valence electrons. The second-order valence-electron chi connectivity index (χ2n) is 5.20. The van der Waals surface area contributed by atoms with Gasteiger partial charge in [0.2, 0.25) is 0 Å². The zero-order chi connectivity index (χ0) is 16.9. The number of hydrogen-bond donors (Lipinski definition) is 1. The monoisotopic (exact) mass is 323 g/mol. The predicted octanol–water partition coefficient (Wildman–Crippen LogP) is 2.37. The quantitative estimate of drug-likeness (QED) is 0.557.